The van der Waals surface area contributed by atoms with E-state index in [4.69, 9.17) is 9.47 Å². The van der Waals surface area contributed by atoms with Gasteiger partial charge in [0.2, 0.25) is 0 Å². The van der Waals surface area contributed by atoms with E-state index < -0.39 is 0 Å². The topological polar surface area (TPSA) is 35.5 Å². The molecule has 0 heterocycles. The molecule has 0 fully saturated rings. The number of likely N-dealkylation sites (N-methyl/N-ethyl adjacent to an activating group) is 2. The smallest absolute Gasteiger partial charge is 0.194 e. The summed E-state index contributed by atoms with van der Waals surface area (Å²) in [4.78, 5) is 13.3. The number of hydrogen-bond acceptors (Lipinski definition) is 3. The van der Waals surface area contributed by atoms with Crippen molar-refractivity contribution in [1.29, 1.82) is 0 Å². The number of rotatable bonds is 16. The first kappa shape index (κ1) is 27.7. The van der Waals surface area contributed by atoms with E-state index in [1.54, 1.807) is 0 Å². The average Bonchev–Trinajstić information content (AvgIpc) is 3.18. The molecule has 1 aliphatic carbocycles. The Hall–Kier alpha value is -2.89. The summed E-state index contributed by atoms with van der Waals surface area (Å²) in [5.74, 6) is 1.52. The Labute approximate surface area is 217 Å². The summed E-state index contributed by atoms with van der Waals surface area (Å²) in [6.45, 7) is 25.7. The maximum Gasteiger partial charge on any atom is 0.194 e. The minimum Gasteiger partial charge on any atom is -0.488 e. The average molecular weight is 493 g/mol. The van der Waals surface area contributed by atoms with Crippen LogP contribution in [-0.4, -0.2) is 80.3 Å². The molecule has 0 bridgehead atoms. The lowest BCUT2D eigenvalue weighted by molar-refractivity contribution is -0.919. The van der Waals surface area contributed by atoms with Crippen LogP contribution >= 0.6 is 0 Å². The molecule has 0 radical (unpaired) electrons. The molecular weight excluding hydrogens is 448 g/mol. The molecule has 0 atom stereocenters. The van der Waals surface area contributed by atoms with Gasteiger partial charge in [0.25, 0.3) is 0 Å². The summed E-state index contributed by atoms with van der Waals surface area (Å²) in [6.07, 6.45) is 3.97. The van der Waals surface area contributed by atoms with Gasteiger partial charge in [-0.1, -0.05) is 13.2 Å². The molecule has 0 saturated carbocycles. The van der Waals surface area contributed by atoms with Crippen LogP contribution in [0.4, 0.5) is 0 Å². The van der Waals surface area contributed by atoms with E-state index >= 15 is 0 Å². The fourth-order valence-electron chi connectivity index (χ4n) is 5.26. The number of ketones is 1. The van der Waals surface area contributed by atoms with Crippen LogP contribution in [0.25, 0.3) is 11.1 Å². The van der Waals surface area contributed by atoms with Crippen LogP contribution in [0.2, 0.25) is 0 Å². The Kier molecular flexibility index (Phi) is 9.52. The number of fused-ring (bicyclic) bond motifs is 3. The van der Waals surface area contributed by atoms with E-state index in [2.05, 4.69) is 40.9 Å². The highest BCUT2D eigenvalue weighted by Crippen LogP contribution is 2.40. The van der Waals surface area contributed by atoms with Gasteiger partial charge in [-0.25, -0.2) is 0 Å². The second kappa shape index (κ2) is 12.4. The number of nitrogens with zero attached hydrogens (tertiary/aromatic N) is 2. The standard InChI is InChI=1S/C31H44N2O3/c1-7-17-32(9-3,10-4)19-21-35-25-13-15-27-28-16-14-26(24-30(28)31(34)29(27)23-25)36-22-20-33(11-5,12-6)18-8-2/h7-8,13-16,23-24H,1-2,9-12,17-22H2,3-6H3/q+2. The van der Waals surface area contributed by atoms with Crippen molar-refractivity contribution < 1.29 is 23.2 Å². The third-order valence-corrected chi connectivity index (χ3v) is 8.15. The zero-order valence-corrected chi connectivity index (χ0v) is 22.7. The normalized spacial score (nSPS) is 12.7. The third kappa shape index (κ3) is 5.91. The van der Waals surface area contributed by atoms with E-state index in [1.165, 1.54) is 0 Å². The number of carbonyl (C=O) groups excluding carboxylic acids is 1. The second-order valence-corrected chi connectivity index (χ2v) is 9.78. The molecule has 0 spiro atoms. The molecular formula is C31H44N2O3+2. The van der Waals surface area contributed by atoms with Crippen molar-refractivity contribution in [2.45, 2.75) is 27.7 Å². The number of benzene rings is 2. The molecule has 194 valence electrons. The molecule has 5 heteroatoms. The van der Waals surface area contributed by atoms with Gasteiger partial charge in [-0.3, -0.25) is 4.79 Å². The maximum absolute atomic E-state index is 13.3. The Morgan fingerprint density at radius 3 is 1.39 bits per heavy atom. The summed E-state index contributed by atoms with van der Waals surface area (Å²) in [6, 6.07) is 11.7. The molecule has 0 saturated heterocycles. The summed E-state index contributed by atoms with van der Waals surface area (Å²) in [5.41, 5.74) is 3.34. The van der Waals surface area contributed by atoms with Crippen molar-refractivity contribution >= 4 is 5.78 Å². The predicted octanol–water partition coefficient (Wildman–Crippen LogP) is 5.74. The van der Waals surface area contributed by atoms with Crippen molar-refractivity contribution in [1.82, 2.24) is 0 Å². The van der Waals surface area contributed by atoms with Gasteiger partial charge in [-0.2, -0.15) is 0 Å². The van der Waals surface area contributed by atoms with E-state index in [9.17, 15) is 4.79 Å². The number of hydrogen-bond donors (Lipinski definition) is 0. The van der Waals surface area contributed by atoms with Gasteiger partial charge in [-0.05, 0) is 87.4 Å². The van der Waals surface area contributed by atoms with Crippen LogP contribution < -0.4 is 9.47 Å². The van der Waals surface area contributed by atoms with Crippen LogP contribution in [0, 0.1) is 0 Å². The lowest BCUT2D eigenvalue weighted by atomic mass is 10.1. The number of ether oxygens (including phenoxy) is 2. The highest BCUT2D eigenvalue weighted by atomic mass is 16.5. The van der Waals surface area contributed by atoms with E-state index in [0.29, 0.717) is 24.3 Å². The monoisotopic (exact) mass is 492 g/mol. The molecule has 1 aliphatic rings. The lowest BCUT2D eigenvalue weighted by Crippen LogP contribution is -2.50. The van der Waals surface area contributed by atoms with Crippen molar-refractivity contribution in [3.05, 3.63) is 72.8 Å². The second-order valence-electron chi connectivity index (χ2n) is 9.78. The molecule has 5 nitrogen and oxygen atoms in total. The lowest BCUT2D eigenvalue weighted by Gasteiger charge is -2.35. The first-order valence-corrected chi connectivity index (χ1v) is 13.4. The molecule has 0 N–H and O–H groups in total. The summed E-state index contributed by atoms with van der Waals surface area (Å²) >= 11 is 0. The zero-order chi connectivity index (χ0) is 26.2. The summed E-state index contributed by atoms with van der Waals surface area (Å²) in [5, 5.41) is 0. The fourth-order valence-corrected chi connectivity index (χ4v) is 5.26. The highest BCUT2D eigenvalue weighted by Gasteiger charge is 2.28. The number of quaternary nitrogens is 2. The molecule has 0 aliphatic heterocycles. The van der Waals surface area contributed by atoms with Crippen LogP contribution in [0.15, 0.2) is 61.7 Å². The minimum atomic E-state index is 0.0358. The van der Waals surface area contributed by atoms with Crippen molar-refractivity contribution in [2.24, 2.45) is 0 Å². The Bertz CT molecular complexity index is 984. The van der Waals surface area contributed by atoms with Crippen LogP contribution in [-0.2, 0) is 0 Å². The van der Waals surface area contributed by atoms with Crippen molar-refractivity contribution in [3.8, 4) is 22.6 Å². The molecule has 2 aromatic rings. The van der Waals surface area contributed by atoms with Gasteiger partial charge in [0.1, 0.15) is 37.8 Å². The van der Waals surface area contributed by atoms with Gasteiger partial charge < -0.3 is 18.4 Å². The Balaban J connectivity index is 1.66. The minimum absolute atomic E-state index is 0.0358. The first-order valence-electron chi connectivity index (χ1n) is 13.4. The van der Waals surface area contributed by atoms with Crippen LogP contribution in [0.3, 0.4) is 0 Å². The maximum atomic E-state index is 13.3. The summed E-state index contributed by atoms with van der Waals surface area (Å²) < 4.78 is 14.1. The molecule has 3 rings (SSSR count). The zero-order valence-electron chi connectivity index (χ0n) is 22.7. The van der Waals surface area contributed by atoms with Crippen molar-refractivity contribution in [3.63, 3.8) is 0 Å². The molecule has 0 unspecified atom stereocenters. The molecule has 36 heavy (non-hydrogen) atoms. The quantitative estimate of drug-likeness (QED) is 0.189. The third-order valence-electron chi connectivity index (χ3n) is 8.15. The highest BCUT2D eigenvalue weighted by molar-refractivity contribution is 6.22. The molecule has 2 aromatic carbocycles. The number of carbonyl (C=O) groups is 1. The van der Waals surface area contributed by atoms with Gasteiger partial charge in [0, 0.05) is 11.1 Å². The molecule has 0 aromatic heterocycles. The fraction of sp³-hybridized carbons (Fsp3) is 0.452. The van der Waals surface area contributed by atoms with E-state index in [0.717, 1.165) is 84.0 Å². The van der Waals surface area contributed by atoms with E-state index in [-0.39, 0.29) is 5.78 Å². The van der Waals surface area contributed by atoms with Gasteiger partial charge in [-0.15, -0.1) is 0 Å². The van der Waals surface area contributed by atoms with Gasteiger partial charge >= 0.3 is 0 Å². The van der Waals surface area contributed by atoms with Crippen molar-refractivity contribution in [2.75, 3.05) is 65.6 Å². The predicted molar refractivity (Wildman–Crippen MR) is 149 cm³/mol. The molecule has 0 amide bonds. The van der Waals surface area contributed by atoms with Gasteiger partial charge in [0.05, 0.1) is 39.3 Å². The van der Waals surface area contributed by atoms with Gasteiger partial charge in [0.15, 0.2) is 5.78 Å². The Morgan fingerprint density at radius 2 is 1.06 bits per heavy atom. The van der Waals surface area contributed by atoms with Crippen LogP contribution in [0.5, 0.6) is 11.5 Å². The first-order chi connectivity index (χ1) is 17.4. The largest absolute Gasteiger partial charge is 0.488 e. The SMILES string of the molecule is C=CC[N+](CC)(CC)CCOc1ccc2c(c1)C(=O)c1cc(OCC[N+](CC)(CC)CC=C)ccc1-2. The van der Waals surface area contributed by atoms with E-state index in [1.807, 2.05) is 48.6 Å². The van der Waals surface area contributed by atoms with Crippen LogP contribution in [0.1, 0.15) is 43.6 Å². The Morgan fingerprint density at radius 1 is 0.667 bits per heavy atom. The summed E-state index contributed by atoms with van der Waals surface area (Å²) in [7, 11) is 0.